The number of nitrogens with two attached hydrogens (primary N) is 1. The quantitative estimate of drug-likeness (QED) is 0.643. The maximum absolute atomic E-state index is 6.05. The fraction of sp³-hybridized carbons (Fsp3) is 0.571. The molecule has 0 bridgehead atoms. The molecule has 2 rings (SSSR count). The zero-order valence-electron chi connectivity index (χ0n) is 10.6. The molecule has 1 aromatic carbocycles. The second-order valence-electron chi connectivity index (χ2n) is 4.49. The molecule has 0 spiro atoms. The second kappa shape index (κ2) is 6.20. The first-order valence-electron chi connectivity index (χ1n) is 6.53. The van der Waals surface area contributed by atoms with Crippen molar-refractivity contribution in [2.24, 2.45) is 0 Å². The van der Waals surface area contributed by atoms with Gasteiger partial charge in [-0.05, 0) is 48.5 Å². The minimum Gasteiger partial charge on any atom is -0.398 e. The Bertz CT molecular complexity index is 365. The third-order valence-corrected chi connectivity index (χ3v) is 4.29. The highest BCUT2D eigenvalue weighted by atomic mass is 32.2. The number of benzene rings is 1. The molecule has 17 heavy (non-hydrogen) atoms. The third-order valence-electron chi connectivity index (χ3n) is 3.30. The van der Waals surface area contributed by atoms with E-state index in [-0.39, 0.29) is 0 Å². The molecule has 0 unspecified atom stereocenters. The topological polar surface area (TPSA) is 29.3 Å². The molecular formula is C14H22N2S. The van der Waals surface area contributed by atoms with Crippen LogP contribution in [0.3, 0.4) is 0 Å². The zero-order chi connectivity index (χ0) is 12.1. The van der Waals surface area contributed by atoms with Crippen molar-refractivity contribution in [1.29, 1.82) is 0 Å². The molecule has 0 amide bonds. The number of hydrogen-bond acceptors (Lipinski definition) is 3. The van der Waals surface area contributed by atoms with Crippen molar-refractivity contribution >= 4 is 23.1 Å². The summed E-state index contributed by atoms with van der Waals surface area (Å²) in [4.78, 5) is 2.51. The van der Waals surface area contributed by atoms with Crippen LogP contribution in [-0.4, -0.2) is 24.6 Å². The van der Waals surface area contributed by atoms with Gasteiger partial charge in [0.2, 0.25) is 0 Å². The van der Waals surface area contributed by atoms with E-state index in [4.69, 9.17) is 5.73 Å². The summed E-state index contributed by atoms with van der Waals surface area (Å²) in [6.45, 7) is 4.58. The molecule has 1 aliphatic heterocycles. The predicted octanol–water partition coefficient (Wildman–Crippen LogP) is 3.16. The minimum atomic E-state index is 0.968. The molecule has 94 valence electrons. The van der Waals surface area contributed by atoms with Crippen molar-refractivity contribution in [1.82, 2.24) is 0 Å². The first-order chi connectivity index (χ1) is 8.33. The van der Waals surface area contributed by atoms with Crippen molar-refractivity contribution in [3.63, 3.8) is 0 Å². The van der Waals surface area contributed by atoms with Gasteiger partial charge in [-0.1, -0.05) is 13.0 Å². The molecule has 0 saturated carbocycles. The fourth-order valence-electron chi connectivity index (χ4n) is 2.46. The van der Waals surface area contributed by atoms with Crippen LogP contribution in [-0.2, 0) is 6.42 Å². The van der Waals surface area contributed by atoms with Crippen LogP contribution in [0.15, 0.2) is 18.2 Å². The molecule has 0 saturated heterocycles. The highest BCUT2D eigenvalue weighted by Crippen LogP contribution is 2.31. The Labute approximate surface area is 109 Å². The lowest BCUT2D eigenvalue weighted by Gasteiger charge is -2.32. The summed E-state index contributed by atoms with van der Waals surface area (Å²) in [6, 6.07) is 6.32. The summed E-state index contributed by atoms with van der Waals surface area (Å²) in [5, 5.41) is 0. The van der Waals surface area contributed by atoms with Gasteiger partial charge in [0, 0.05) is 24.5 Å². The van der Waals surface area contributed by atoms with Crippen LogP contribution in [0, 0.1) is 0 Å². The standard InChI is InChI=1S/C14H22N2S/c1-2-17-11-5-10-16-9-4-6-12-13(15)7-3-8-14(12)16/h3,7-8H,2,4-6,9-11,15H2,1H3. The number of nitrogen functional groups attached to an aromatic ring is 1. The van der Waals surface area contributed by atoms with Crippen LogP contribution in [0.2, 0.25) is 0 Å². The van der Waals surface area contributed by atoms with Gasteiger partial charge in [0.15, 0.2) is 0 Å². The molecule has 0 aliphatic carbocycles. The van der Waals surface area contributed by atoms with E-state index in [9.17, 15) is 0 Å². The Morgan fingerprint density at radius 2 is 2.29 bits per heavy atom. The van der Waals surface area contributed by atoms with Crippen LogP contribution in [0.5, 0.6) is 0 Å². The average molecular weight is 250 g/mol. The number of hydrogen-bond donors (Lipinski definition) is 1. The first-order valence-corrected chi connectivity index (χ1v) is 7.68. The minimum absolute atomic E-state index is 0.968. The highest BCUT2D eigenvalue weighted by Gasteiger charge is 2.17. The average Bonchev–Trinajstić information content (AvgIpc) is 2.36. The van der Waals surface area contributed by atoms with Gasteiger partial charge in [0.25, 0.3) is 0 Å². The van der Waals surface area contributed by atoms with E-state index in [1.165, 1.54) is 48.7 Å². The largest absolute Gasteiger partial charge is 0.398 e. The van der Waals surface area contributed by atoms with E-state index < -0.39 is 0 Å². The van der Waals surface area contributed by atoms with E-state index in [1.807, 2.05) is 17.8 Å². The Kier molecular flexibility index (Phi) is 4.60. The molecule has 1 aliphatic rings. The van der Waals surface area contributed by atoms with Crippen molar-refractivity contribution in [3.05, 3.63) is 23.8 Å². The zero-order valence-corrected chi connectivity index (χ0v) is 11.4. The Morgan fingerprint density at radius 3 is 3.12 bits per heavy atom. The molecule has 0 radical (unpaired) electrons. The Balaban J connectivity index is 1.99. The molecule has 2 N–H and O–H groups in total. The van der Waals surface area contributed by atoms with E-state index in [0.717, 1.165) is 12.1 Å². The summed E-state index contributed by atoms with van der Waals surface area (Å²) in [7, 11) is 0. The van der Waals surface area contributed by atoms with Gasteiger partial charge in [0.05, 0.1) is 0 Å². The third kappa shape index (κ3) is 3.09. The molecule has 1 aromatic rings. The lowest BCUT2D eigenvalue weighted by Crippen LogP contribution is -2.31. The summed E-state index contributed by atoms with van der Waals surface area (Å²) in [5.74, 6) is 2.49. The van der Waals surface area contributed by atoms with Gasteiger partial charge < -0.3 is 10.6 Å². The van der Waals surface area contributed by atoms with Crippen LogP contribution in [0.1, 0.15) is 25.3 Å². The number of anilines is 2. The van der Waals surface area contributed by atoms with Crippen LogP contribution in [0.25, 0.3) is 0 Å². The van der Waals surface area contributed by atoms with Crippen LogP contribution in [0.4, 0.5) is 11.4 Å². The Hall–Kier alpha value is -0.830. The molecule has 2 nitrogen and oxygen atoms in total. The SMILES string of the molecule is CCSCCCN1CCCc2c(N)cccc21. The highest BCUT2D eigenvalue weighted by molar-refractivity contribution is 7.99. The fourth-order valence-corrected chi connectivity index (χ4v) is 3.08. The lowest BCUT2D eigenvalue weighted by molar-refractivity contribution is 0.684. The van der Waals surface area contributed by atoms with Crippen LogP contribution < -0.4 is 10.6 Å². The summed E-state index contributed by atoms with van der Waals surface area (Å²) < 4.78 is 0. The molecular weight excluding hydrogens is 228 g/mol. The smallest absolute Gasteiger partial charge is 0.0419 e. The van der Waals surface area contributed by atoms with Crippen LogP contribution >= 0.6 is 11.8 Å². The van der Waals surface area contributed by atoms with Crippen molar-refractivity contribution < 1.29 is 0 Å². The first kappa shape index (κ1) is 12.6. The van der Waals surface area contributed by atoms with Gasteiger partial charge in [-0.2, -0.15) is 11.8 Å². The normalized spacial score (nSPS) is 14.8. The molecule has 3 heteroatoms. The van der Waals surface area contributed by atoms with E-state index in [1.54, 1.807) is 0 Å². The predicted molar refractivity (Wildman–Crippen MR) is 79.0 cm³/mol. The van der Waals surface area contributed by atoms with Gasteiger partial charge in [-0.25, -0.2) is 0 Å². The molecule has 0 aromatic heterocycles. The maximum atomic E-state index is 6.05. The number of thioether (sulfide) groups is 1. The maximum Gasteiger partial charge on any atom is 0.0419 e. The number of nitrogens with zero attached hydrogens (tertiary/aromatic N) is 1. The van der Waals surface area contributed by atoms with Crippen molar-refractivity contribution in [3.8, 4) is 0 Å². The Morgan fingerprint density at radius 1 is 1.41 bits per heavy atom. The molecule has 0 fully saturated rings. The molecule has 1 heterocycles. The second-order valence-corrected chi connectivity index (χ2v) is 5.88. The van der Waals surface area contributed by atoms with Crippen molar-refractivity contribution in [2.75, 3.05) is 35.2 Å². The summed E-state index contributed by atoms with van der Waals surface area (Å²) in [5.41, 5.74) is 9.75. The van der Waals surface area contributed by atoms with Crippen molar-refractivity contribution in [2.45, 2.75) is 26.2 Å². The van der Waals surface area contributed by atoms with E-state index in [2.05, 4.69) is 24.0 Å². The lowest BCUT2D eigenvalue weighted by atomic mass is 10.00. The number of rotatable bonds is 5. The van der Waals surface area contributed by atoms with E-state index >= 15 is 0 Å². The summed E-state index contributed by atoms with van der Waals surface area (Å²) >= 11 is 2.03. The van der Waals surface area contributed by atoms with E-state index in [0.29, 0.717) is 0 Å². The molecule has 0 atom stereocenters. The van der Waals surface area contributed by atoms with Gasteiger partial charge >= 0.3 is 0 Å². The van der Waals surface area contributed by atoms with Gasteiger partial charge in [0.1, 0.15) is 0 Å². The van der Waals surface area contributed by atoms with Gasteiger partial charge in [-0.15, -0.1) is 0 Å². The monoisotopic (exact) mass is 250 g/mol. The van der Waals surface area contributed by atoms with Gasteiger partial charge in [-0.3, -0.25) is 0 Å². The number of fused-ring (bicyclic) bond motifs is 1. The summed E-state index contributed by atoms with van der Waals surface area (Å²) in [6.07, 6.45) is 3.65.